The summed E-state index contributed by atoms with van der Waals surface area (Å²) in [4.78, 5) is 0. The maximum absolute atomic E-state index is 13.3. The summed E-state index contributed by atoms with van der Waals surface area (Å²) in [6.45, 7) is 2.05. The highest BCUT2D eigenvalue weighted by atomic mass is 19.1. The Balaban J connectivity index is 2.32. The molecule has 2 rings (SSSR count). The largest absolute Gasteiger partial charge is 0.207 e. The fourth-order valence-corrected chi connectivity index (χ4v) is 1.52. The first kappa shape index (κ1) is 7.78. The molecule has 0 bridgehead atoms. The zero-order valence-electron chi connectivity index (χ0n) is 7.31. The quantitative estimate of drug-likeness (QED) is 0.629. The van der Waals surface area contributed by atoms with Gasteiger partial charge in [-0.2, -0.15) is 0 Å². The third kappa shape index (κ3) is 1.36. The molecule has 0 aromatic heterocycles. The number of rotatable bonds is 2. The Labute approximate surface area is 72.4 Å². The van der Waals surface area contributed by atoms with Crippen molar-refractivity contribution in [3.05, 3.63) is 35.1 Å². The van der Waals surface area contributed by atoms with Gasteiger partial charge in [0.25, 0.3) is 0 Å². The molecule has 1 aromatic rings. The van der Waals surface area contributed by atoms with Crippen LogP contribution in [-0.4, -0.2) is 0 Å². The molecule has 1 aliphatic carbocycles. The molecule has 0 N–H and O–H groups in total. The maximum atomic E-state index is 13.3. The molecule has 1 heteroatoms. The van der Waals surface area contributed by atoms with Crippen molar-refractivity contribution in [1.29, 1.82) is 0 Å². The molecule has 1 saturated carbocycles. The molecule has 12 heavy (non-hydrogen) atoms. The SMILES string of the molecule is CCc1ccc(C2CC2)c(F)c1. The number of hydrogen-bond donors (Lipinski definition) is 0. The summed E-state index contributed by atoms with van der Waals surface area (Å²) in [5.74, 6) is 0.521. The molecule has 1 aliphatic rings. The van der Waals surface area contributed by atoms with Crippen LogP contribution in [0.1, 0.15) is 36.8 Å². The van der Waals surface area contributed by atoms with Crippen LogP contribution in [-0.2, 0) is 6.42 Å². The van der Waals surface area contributed by atoms with Crippen LogP contribution in [0.15, 0.2) is 18.2 Å². The van der Waals surface area contributed by atoms with E-state index in [4.69, 9.17) is 0 Å². The van der Waals surface area contributed by atoms with Gasteiger partial charge in [0.05, 0.1) is 0 Å². The van der Waals surface area contributed by atoms with E-state index in [0.717, 1.165) is 17.5 Å². The second kappa shape index (κ2) is 2.89. The van der Waals surface area contributed by atoms with Gasteiger partial charge in [-0.1, -0.05) is 19.1 Å². The first-order valence-corrected chi connectivity index (χ1v) is 4.59. The molecular weight excluding hydrogens is 151 g/mol. The average molecular weight is 164 g/mol. The molecule has 0 spiro atoms. The summed E-state index contributed by atoms with van der Waals surface area (Å²) in [5, 5.41) is 0. The highest BCUT2D eigenvalue weighted by Gasteiger charge is 2.26. The molecule has 0 unspecified atom stereocenters. The van der Waals surface area contributed by atoms with Crippen molar-refractivity contribution in [3.8, 4) is 0 Å². The lowest BCUT2D eigenvalue weighted by atomic mass is 10.1. The first-order valence-electron chi connectivity index (χ1n) is 4.59. The molecule has 0 heterocycles. The molecule has 0 amide bonds. The van der Waals surface area contributed by atoms with E-state index in [9.17, 15) is 4.39 Å². The summed E-state index contributed by atoms with van der Waals surface area (Å²) in [6, 6.07) is 5.66. The van der Waals surface area contributed by atoms with Crippen LogP contribution >= 0.6 is 0 Å². The Morgan fingerprint density at radius 3 is 2.67 bits per heavy atom. The second-order valence-corrected chi connectivity index (χ2v) is 3.48. The number of benzene rings is 1. The molecule has 0 atom stereocenters. The molecule has 1 fully saturated rings. The minimum atomic E-state index is -0.00292. The van der Waals surface area contributed by atoms with Gasteiger partial charge in [-0.25, -0.2) is 4.39 Å². The lowest BCUT2D eigenvalue weighted by Crippen LogP contribution is -1.89. The van der Waals surface area contributed by atoms with Crippen molar-refractivity contribution in [3.63, 3.8) is 0 Å². The molecule has 0 saturated heterocycles. The number of halogens is 1. The molecular formula is C11H13F. The Morgan fingerprint density at radius 1 is 1.42 bits per heavy atom. The van der Waals surface area contributed by atoms with E-state index in [1.165, 1.54) is 12.8 Å². The highest BCUT2D eigenvalue weighted by molar-refractivity contribution is 5.29. The Morgan fingerprint density at radius 2 is 2.17 bits per heavy atom. The van der Waals surface area contributed by atoms with Gasteiger partial charge < -0.3 is 0 Å². The van der Waals surface area contributed by atoms with E-state index in [0.29, 0.717) is 5.92 Å². The van der Waals surface area contributed by atoms with Crippen molar-refractivity contribution >= 4 is 0 Å². The molecule has 64 valence electrons. The van der Waals surface area contributed by atoms with Crippen molar-refractivity contribution in [2.24, 2.45) is 0 Å². The molecule has 0 nitrogen and oxygen atoms in total. The van der Waals surface area contributed by atoms with Gasteiger partial charge >= 0.3 is 0 Å². The topological polar surface area (TPSA) is 0 Å². The normalized spacial score (nSPS) is 16.5. The fourth-order valence-electron chi connectivity index (χ4n) is 1.52. The van der Waals surface area contributed by atoms with Crippen molar-refractivity contribution in [2.45, 2.75) is 32.1 Å². The summed E-state index contributed by atoms with van der Waals surface area (Å²) in [6.07, 6.45) is 3.26. The van der Waals surface area contributed by atoms with Crippen LogP contribution in [0.2, 0.25) is 0 Å². The molecule has 0 radical (unpaired) electrons. The van der Waals surface area contributed by atoms with Crippen molar-refractivity contribution in [1.82, 2.24) is 0 Å². The number of aryl methyl sites for hydroxylation is 1. The lowest BCUT2D eigenvalue weighted by Gasteiger charge is -2.02. The Hall–Kier alpha value is -0.850. The Bertz CT molecular complexity index is 287. The van der Waals surface area contributed by atoms with Crippen LogP contribution in [0.25, 0.3) is 0 Å². The van der Waals surface area contributed by atoms with Gasteiger partial charge in [-0.3, -0.25) is 0 Å². The van der Waals surface area contributed by atoms with E-state index >= 15 is 0 Å². The van der Waals surface area contributed by atoms with Gasteiger partial charge in [0.1, 0.15) is 5.82 Å². The van der Waals surface area contributed by atoms with Crippen LogP contribution in [0.4, 0.5) is 4.39 Å². The van der Waals surface area contributed by atoms with Crippen LogP contribution in [0.5, 0.6) is 0 Å². The van der Waals surface area contributed by atoms with Gasteiger partial charge in [0.15, 0.2) is 0 Å². The van der Waals surface area contributed by atoms with E-state index in [2.05, 4.69) is 0 Å². The van der Waals surface area contributed by atoms with Crippen molar-refractivity contribution < 1.29 is 4.39 Å². The summed E-state index contributed by atoms with van der Waals surface area (Å²) >= 11 is 0. The zero-order valence-corrected chi connectivity index (χ0v) is 7.31. The summed E-state index contributed by atoms with van der Waals surface area (Å²) in [5.41, 5.74) is 2.02. The van der Waals surface area contributed by atoms with Crippen LogP contribution in [0.3, 0.4) is 0 Å². The van der Waals surface area contributed by atoms with Gasteiger partial charge in [0.2, 0.25) is 0 Å². The molecule has 0 aliphatic heterocycles. The monoisotopic (exact) mass is 164 g/mol. The first-order chi connectivity index (χ1) is 5.81. The third-order valence-corrected chi connectivity index (χ3v) is 2.49. The van der Waals surface area contributed by atoms with Crippen LogP contribution < -0.4 is 0 Å². The van der Waals surface area contributed by atoms with Crippen LogP contribution in [0, 0.1) is 5.82 Å². The third-order valence-electron chi connectivity index (χ3n) is 2.49. The van der Waals surface area contributed by atoms with E-state index < -0.39 is 0 Å². The van der Waals surface area contributed by atoms with Crippen molar-refractivity contribution in [2.75, 3.05) is 0 Å². The van der Waals surface area contributed by atoms with Gasteiger partial charge in [-0.15, -0.1) is 0 Å². The highest BCUT2D eigenvalue weighted by Crippen LogP contribution is 2.41. The minimum Gasteiger partial charge on any atom is -0.207 e. The summed E-state index contributed by atoms with van der Waals surface area (Å²) in [7, 11) is 0. The standard InChI is InChI=1S/C11H13F/c1-2-8-3-6-10(9-4-5-9)11(12)7-8/h3,6-7,9H,2,4-5H2,1H3. The van der Waals surface area contributed by atoms with E-state index in [-0.39, 0.29) is 5.82 Å². The van der Waals surface area contributed by atoms with E-state index in [1.807, 2.05) is 19.1 Å². The smallest absolute Gasteiger partial charge is 0.126 e. The predicted molar refractivity (Wildman–Crippen MR) is 47.8 cm³/mol. The fraction of sp³-hybridized carbons (Fsp3) is 0.455. The average Bonchev–Trinajstić information content (AvgIpc) is 2.87. The predicted octanol–water partition coefficient (Wildman–Crippen LogP) is 3.27. The van der Waals surface area contributed by atoms with Gasteiger partial charge in [0, 0.05) is 0 Å². The second-order valence-electron chi connectivity index (χ2n) is 3.48. The Kier molecular flexibility index (Phi) is 1.87. The summed E-state index contributed by atoms with van der Waals surface area (Å²) < 4.78 is 13.3. The zero-order chi connectivity index (χ0) is 8.55. The minimum absolute atomic E-state index is 0.00292. The molecule has 1 aromatic carbocycles. The van der Waals surface area contributed by atoms with Gasteiger partial charge in [-0.05, 0) is 42.4 Å². The lowest BCUT2D eigenvalue weighted by molar-refractivity contribution is 0.608. The van der Waals surface area contributed by atoms with E-state index in [1.54, 1.807) is 6.07 Å². The maximum Gasteiger partial charge on any atom is 0.126 e. The number of hydrogen-bond acceptors (Lipinski definition) is 0.